The molecule has 0 aliphatic heterocycles. The number of carbonyl (C=O) groups is 2. The molecule has 1 heterocycles. The Morgan fingerprint density at radius 1 is 1.24 bits per heavy atom. The topological polar surface area (TPSA) is 66.4 Å². The quantitative estimate of drug-likeness (QED) is 0.912. The van der Waals surface area contributed by atoms with Crippen LogP contribution in [0.5, 0.6) is 0 Å². The maximum atomic E-state index is 12.2. The maximum absolute atomic E-state index is 12.2. The molecule has 3 rings (SSSR count). The van der Waals surface area contributed by atoms with Crippen molar-refractivity contribution in [3.05, 3.63) is 50.7 Å². The molecule has 1 aromatic heterocycles. The van der Waals surface area contributed by atoms with Gasteiger partial charge < -0.3 is 10.4 Å². The van der Waals surface area contributed by atoms with E-state index in [9.17, 15) is 9.59 Å². The Morgan fingerprint density at radius 2 is 2.05 bits per heavy atom. The summed E-state index contributed by atoms with van der Waals surface area (Å²) in [6.07, 6.45) is 3.27. The van der Waals surface area contributed by atoms with Crippen LogP contribution in [0.3, 0.4) is 0 Å². The van der Waals surface area contributed by atoms with Crippen molar-refractivity contribution in [2.75, 3.05) is 5.32 Å². The summed E-state index contributed by atoms with van der Waals surface area (Å²) in [7, 11) is 0. The molecular formula is C16H15NO3S. The van der Waals surface area contributed by atoms with E-state index in [4.69, 9.17) is 5.11 Å². The van der Waals surface area contributed by atoms with E-state index in [2.05, 4.69) is 5.32 Å². The van der Waals surface area contributed by atoms with Crippen LogP contribution in [0.4, 0.5) is 5.69 Å². The second-order valence-corrected chi connectivity index (χ2v) is 6.34. The minimum atomic E-state index is -0.987. The van der Waals surface area contributed by atoms with Gasteiger partial charge in [-0.15, -0.1) is 11.3 Å². The maximum Gasteiger partial charge on any atom is 0.336 e. The van der Waals surface area contributed by atoms with Crippen LogP contribution in [0.15, 0.2) is 24.3 Å². The molecule has 1 amide bonds. The Kier molecular flexibility index (Phi) is 3.51. The highest BCUT2D eigenvalue weighted by atomic mass is 32.1. The molecule has 0 unspecified atom stereocenters. The normalized spacial score (nSPS) is 13.0. The van der Waals surface area contributed by atoms with Crippen LogP contribution in [0, 0.1) is 6.92 Å². The average Bonchev–Trinajstić information content (AvgIpc) is 3.01. The van der Waals surface area contributed by atoms with E-state index < -0.39 is 5.97 Å². The molecule has 2 aromatic rings. The fourth-order valence-electron chi connectivity index (χ4n) is 2.56. The molecule has 5 heteroatoms. The van der Waals surface area contributed by atoms with E-state index in [1.165, 1.54) is 34.3 Å². The molecule has 0 fully saturated rings. The fraction of sp³-hybridized carbons (Fsp3) is 0.250. The highest BCUT2D eigenvalue weighted by Crippen LogP contribution is 2.31. The first kappa shape index (κ1) is 13.8. The highest BCUT2D eigenvalue weighted by Gasteiger charge is 2.19. The largest absolute Gasteiger partial charge is 0.478 e. The molecule has 0 radical (unpaired) electrons. The third kappa shape index (κ3) is 2.69. The Labute approximate surface area is 126 Å². The van der Waals surface area contributed by atoms with Crippen molar-refractivity contribution in [2.24, 2.45) is 0 Å². The van der Waals surface area contributed by atoms with E-state index in [0.29, 0.717) is 16.1 Å². The number of carboxylic acid groups (broad SMARTS) is 1. The number of aryl methyl sites for hydroxylation is 3. The van der Waals surface area contributed by atoms with Crippen molar-refractivity contribution >= 4 is 28.9 Å². The van der Waals surface area contributed by atoms with Crippen LogP contribution in [0.1, 0.15) is 42.5 Å². The standard InChI is InChI=1S/C16H15NO3S/c1-9-5-6-11(8-12(9)16(19)20)17-15(18)14-7-10-3-2-4-13(10)21-14/h5-8H,2-4H2,1H3,(H,17,18)(H,19,20). The van der Waals surface area contributed by atoms with E-state index >= 15 is 0 Å². The highest BCUT2D eigenvalue weighted by molar-refractivity contribution is 7.14. The Balaban J connectivity index is 1.81. The van der Waals surface area contributed by atoms with Crippen LogP contribution in [0.2, 0.25) is 0 Å². The third-order valence-corrected chi connectivity index (χ3v) is 4.93. The number of carbonyl (C=O) groups excluding carboxylic acids is 1. The zero-order valence-electron chi connectivity index (χ0n) is 11.6. The monoisotopic (exact) mass is 301 g/mol. The molecular weight excluding hydrogens is 286 g/mol. The molecule has 0 bridgehead atoms. The number of anilines is 1. The Bertz CT molecular complexity index is 712. The van der Waals surface area contributed by atoms with E-state index in [0.717, 1.165) is 12.8 Å². The zero-order valence-corrected chi connectivity index (χ0v) is 12.4. The van der Waals surface area contributed by atoms with Gasteiger partial charge in [0.1, 0.15) is 0 Å². The molecule has 2 N–H and O–H groups in total. The summed E-state index contributed by atoms with van der Waals surface area (Å²) < 4.78 is 0. The third-order valence-electron chi connectivity index (χ3n) is 3.70. The van der Waals surface area contributed by atoms with Crippen molar-refractivity contribution in [3.63, 3.8) is 0 Å². The van der Waals surface area contributed by atoms with E-state index in [-0.39, 0.29) is 11.5 Å². The summed E-state index contributed by atoms with van der Waals surface area (Å²) in [6, 6.07) is 6.87. The number of hydrogen-bond donors (Lipinski definition) is 2. The number of aromatic carboxylic acids is 1. The van der Waals surface area contributed by atoms with Gasteiger partial charge in [-0.2, -0.15) is 0 Å². The molecule has 1 aliphatic rings. The zero-order chi connectivity index (χ0) is 15.0. The van der Waals surface area contributed by atoms with E-state index in [1.54, 1.807) is 19.1 Å². The number of thiophene rings is 1. The predicted molar refractivity (Wildman–Crippen MR) is 82.4 cm³/mol. The van der Waals surface area contributed by atoms with Gasteiger partial charge in [0, 0.05) is 10.6 Å². The van der Waals surface area contributed by atoms with Crippen LogP contribution in [0.25, 0.3) is 0 Å². The molecule has 1 aliphatic carbocycles. The van der Waals surface area contributed by atoms with Gasteiger partial charge in [-0.3, -0.25) is 4.79 Å². The number of nitrogens with one attached hydrogen (secondary N) is 1. The first-order valence-electron chi connectivity index (χ1n) is 6.81. The lowest BCUT2D eigenvalue weighted by Gasteiger charge is -2.07. The number of benzene rings is 1. The summed E-state index contributed by atoms with van der Waals surface area (Å²) in [5.41, 5.74) is 2.67. The summed E-state index contributed by atoms with van der Waals surface area (Å²) in [6.45, 7) is 1.73. The number of amides is 1. The molecule has 4 nitrogen and oxygen atoms in total. The summed E-state index contributed by atoms with van der Waals surface area (Å²) in [5, 5.41) is 11.9. The second kappa shape index (κ2) is 5.33. The first-order chi connectivity index (χ1) is 10.0. The van der Waals surface area contributed by atoms with Crippen molar-refractivity contribution in [2.45, 2.75) is 26.2 Å². The second-order valence-electron chi connectivity index (χ2n) is 5.20. The van der Waals surface area contributed by atoms with Crippen molar-refractivity contribution in [1.29, 1.82) is 0 Å². The molecule has 0 atom stereocenters. The molecule has 0 spiro atoms. The summed E-state index contributed by atoms with van der Waals surface area (Å²) in [5.74, 6) is -1.16. The Morgan fingerprint density at radius 3 is 2.76 bits per heavy atom. The van der Waals surface area contributed by atoms with Gasteiger partial charge in [0.15, 0.2) is 0 Å². The van der Waals surface area contributed by atoms with Crippen molar-refractivity contribution in [3.8, 4) is 0 Å². The fourth-order valence-corrected chi connectivity index (χ4v) is 3.71. The number of carboxylic acids is 1. The van der Waals surface area contributed by atoms with Crippen molar-refractivity contribution < 1.29 is 14.7 Å². The summed E-state index contributed by atoms with van der Waals surface area (Å²) in [4.78, 5) is 25.3. The van der Waals surface area contributed by atoms with Crippen LogP contribution < -0.4 is 5.32 Å². The molecule has 0 saturated carbocycles. The van der Waals surface area contributed by atoms with Gasteiger partial charge in [-0.25, -0.2) is 4.79 Å². The van der Waals surface area contributed by atoms with Crippen LogP contribution in [-0.2, 0) is 12.8 Å². The van der Waals surface area contributed by atoms with Gasteiger partial charge in [0.25, 0.3) is 5.91 Å². The smallest absolute Gasteiger partial charge is 0.336 e. The number of fused-ring (bicyclic) bond motifs is 1. The van der Waals surface area contributed by atoms with Gasteiger partial charge in [-0.1, -0.05) is 6.07 Å². The lowest BCUT2D eigenvalue weighted by molar-refractivity contribution is 0.0695. The molecule has 21 heavy (non-hydrogen) atoms. The van der Waals surface area contributed by atoms with Gasteiger partial charge in [-0.05, 0) is 55.5 Å². The molecule has 0 saturated heterocycles. The average molecular weight is 301 g/mol. The SMILES string of the molecule is Cc1ccc(NC(=O)c2cc3c(s2)CCC3)cc1C(=O)O. The van der Waals surface area contributed by atoms with Crippen LogP contribution >= 0.6 is 11.3 Å². The lowest BCUT2D eigenvalue weighted by Crippen LogP contribution is -2.11. The first-order valence-corrected chi connectivity index (χ1v) is 7.63. The van der Waals surface area contributed by atoms with Crippen LogP contribution in [-0.4, -0.2) is 17.0 Å². The number of hydrogen-bond acceptors (Lipinski definition) is 3. The number of rotatable bonds is 3. The van der Waals surface area contributed by atoms with Gasteiger partial charge >= 0.3 is 5.97 Å². The minimum absolute atomic E-state index is 0.172. The summed E-state index contributed by atoms with van der Waals surface area (Å²) >= 11 is 1.53. The van der Waals surface area contributed by atoms with Gasteiger partial charge in [0.05, 0.1) is 10.4 Å². The molecule has 108 valence electrons. The Hall–Kier alpha value is -2.14. The molecule has 1 aromatic carbocycles. The van der Waals surface area contributed by atoms with Crippen molar-refractivity contribution in [1.82, 2.24) is 0 Å². The lowest BCUT2D eigenvalue weighted by atomic mass is 10.1. The van der Waals surface area contributed by atoms with Gasteiger partial charge in [0.2, 0.25) is 0 Å². The minimum Gasteiger partial charge on any atom is -0.478 e. The van der Waals surface area contributed by atoms with E-state index in [1.807, 2.05) is 6.07 Å². The predicted octanol–water partition coefficient (Wildman–Crippen LogP) is 3.50.